The van der Waals surface area contributed by atoms with Crippen molar-refractivity contribution in [1.82, 2.24) is 15.0 Å². The maximum atomic E-state index is 5.11. The molecule has 11 aromatic rings. The highest BCUT2D eigenvalue weighted by Gasteiger charge is 2.16. The molecule has 5 heteroatoms. The lowest BCUT2D eigenvalue weighted by atomic mass is 9.98. The maximum Gasteiger partial charge on any atom is 0.164 e. The number of aromatic nitrogens is 3. The molecule has 3 heterocycles. The Labute approximate surface area is 319 Å². The Bertz CT molecular complexity index is 3040. The van der Waals surface area contributed by atoms with Crippen LogP contribution >= 0.6 is 22.7 Å². The smallest absolute Gasteiger partial charge is 0.164 e. The molecule has 8 aromatic carbocycles. The van der Waals surface area contributed by atoms with Gasteiger partial charge in [-0.1, -0.05) is 146 Å². The van der Waals surface area contributed by atoms with E-state index in [2.05, 4.69) is 176 Å². The van der Waals surface area contributed by atoms with E-state index in [9.17, 15) is 0 Å². The molecule has 3 nitrogen and oxygen atoms in total. The van der Waals surface area contributed by atoms with E-state index in [0.29, 0.717) is 17.5 Å². The third-order valence-corrected chi connectivity index (χ3v) is 12.6. The Hall–Kier alpha value is -6.53. The fourth-order valence-corrected chi connectivity index (χ4v) is 9.98. The lowest BCUT2D eigenvalue weighted by Gasteiger charge is -2.11. The van der Waals surface area contributed by atoms with E-state index >= 15 is 0 Å². The van der Waals surface area contributed by atoms with Gasteiger partial charge < -0.3 is 0 Å². The van der Waals surface area contributed by atoms with Crippen molar-refractivity contribution in [1.29, 1.82) is 0 Å². The number of benzene rings is 8. The maximum absolute atomic E-state index is 5.11. The third kappa shape index (κ3) is 5.20. The van der Waals surface area contributed by atoms with E-state index in [0.717, 1.165) is 22.1 Å². The molecule has 252 valence electrons. The van der Waals surface area contributed by atoms with E-state index in [-0.39, 0.29) is 0 Å². The van der Waals surface area contributed by atoms with Crippen LogP contribution in [0.1, 0.15) is 0 Å². The zero-order chi connectivity index (χ0) is 35.6. The summed E-state index contributed by atoms with van der Waals surface area (Å²) in [7, 11) is 0. The zero-order valence-electron chi connectivity index (χ0n) is 28.9. The molecular formula is C49H29N3S2. The molecule has 0 aliphatic heterocycles. The summed E-state index contributed by atoms with van der Waals surface area (Å²) >= 11 is 3.69. The van der Waals surface area contributed by atoms with Crippen LogP contribution in [-0.2, 0) is 0 Å². The number of fused-ring (bicyclic) bond motifs is 7. The van der Waals surface area contributed by atoms with Crippen LogP contribution in [0.15, 0.2) is 176 Å². The van der Waals surface area contributed by atoms with Crippen molar-refractivity contribution in [2.75, 3.05) is 0 Å². The van der Waals surface area contributed by atoms with Crippen LogP contribution in [0.4, 0.5) is 0 Å². The Balaban J connectivity index is 1.02. The Morgan fingerprint density at radius 1 is 0.296 bits per heavy atom. The second-order valence-corrected chi connectivity index (χ2v) is 15.7. The van der Waals surface area contributed by atoms with Crippen molar-refractivity contribution in [2.24, 2.45) is 0 Å². The van der Waals surface area contributed by atoms with Crippen molar-refractivity contribution in [2.45, 2.75) is 0 Å². The van der Waals surface area contributed by atoms with Gasteiger partial charge in [0.05, 0.1) is 0 Å². The summed E-state index contributed by atoms with van der Waals surface area (Å²) < 4.78 is 5.21. The Morgan fingerprint density at radius 2 is 0.704 bits per heavy atom. The van der Waals surface area contributed by atoms with Crippen LogP contribution in [0.2, 0.25) is 0 Å². The Kier molecular flexibility index (Phi) is 7.22. The first kappa shape index (κ1) is 31.0. The summed E-state index contributed by atoms with van der Waals surface area (Å²) in [6, 6.07) is 62.7. The highest BCUT2D eigenvalue weighted by Crippen LogP contribution is 2.42. The van der Waals surface area contributed by atoms with Crippen molar-refractivity contribution >= 4 is 73.8 Å². The molecule has 0 fully saturated rings. The lowest BCUT2D eigenvalue weighted by molar-refractivity contribution is 1.07. The van der Waals surface area contributed by atoms with E-state index in [1.165, 1.54) is 68.0 Å². The summed E-state index contributed by atoms with van der Waals surface area (Å²) in [5.41, 5.74) is 7.64. The molecule has 0 atom stereocenters. The van der Waals surface area contributed by atoms with Crippen LogP contribution in [0, 0.1) is 0 Å². The van der Waals surface area contributed by atoms with Gasteiger partial charge in [0.15, 0.2) is 17.5 Å². The van der Waals surface area contributed by atoms with Gasteiger partial charge in [-0.3, -0.25) is 0 Å². The van der Waals surface area contributed by atoms with Gasteiger partial charge in [0.25, 0.3) is 0 Å². The predicted molar refractivity (Wildman–Crippen MR) is 230 cm³/mol. The van der Waals surface area contributed by atoms with Crippen LogP contribution in [0.5, 0.6) is 0 Å². The van der Waals surface area contributed by atoms with E-state index in [4.69, 9.17) is 15.0 Å². The molecule has 0 saturated carbocycles. The molecule has 3 aromatic heterocycles. The summed E-state index contributed by atoms with van der Waals surface area (Å²) in [4.78, 5) is 15.3. The third-order valence-electron chi connectivity index (χ3n) is 10.4. The molecule has 0 amide bonds. The highest BCUT2D eigenvalue weighted by molar-refractivity contribution is 7.26. The second kappa shape index (κ2) is 12.6. The first-order valence-electron chi connectivity index (χ1n) is 18.0. The van der Waals surface area contributed by atoms with E-state index in [1.807, 2.05) is 22.7 Å². The molecular weight excluding hydrogens is 695 g/mol. The van der Waals surface area contributed by atoms with Crippen LogP contribution in [0.25, 0.3) is 108 Å². The van der Waals surface area contributed by atoms with Gasteiger partial charge in [0.2, 0.25) is 0 Å². The minimum absolute atomic E-state index is 0.646. The van der Waals surface area contributed by atoms with Crippen LogP contribution in [-0.4, -0.2) is 15.0 Å². The molecule has 0 saturated heterocycles. The SMILES string of the molecule is c1ccc2cc(-c3nc(-c4ccc(-c5cccc6sc7ccccc7c56)cc4)nc(-c4ccc(-c5cccc6sc7ccccc7c56)cc4)n3)ccc2c1. The molecule has 0 unspecified atom stereocenters. The number of hydrogen-bond acceptors (Lipinski definition) is 5. The average Bonchev–Trinajstić information content (AvgIpc) is 3.82. The Morgan fingerprint density at radius 3 is 1.24 bits per heavy atom. The molecule has 0 N–H and O–H groups in total. The summed E-state index contributed by atoms with van der Waals surface area (Å²) in [6.07, 6.45) is 0. The van der Waals surface area contributed by atoms with Crippen molar-refractivity contribution in [3.05, 3.63) is 176 Å². The second-order valence-electron chi connectivity index (χ2n) is 13.6. The largest absolute Gasteiger partial charge is 0.208 e. The topological polar surface area (TPSA) is 38.7 Å². The van der Waals surface area contributed by atoms with Crippen LogP contribution in [0.3, 0.4) is 0 Å². The predicted octanol–water partition coefficient (Wildman–Crippen LogP) is 14.1. The number of thiophene rings is 2. The molecule has 0 spiro atoms. The van der Waals surface area contributed by atoms with Gasteiger partial charge >= 0.3 is 0 Å². The molecule has 11 rings (SSSR count). The number of hydrogen-bond donors (Lipinski definition) is 0. The van der Waals surface area contributed by atoms with Crippen molar-refractivity contribution in [3.8, 4) is 56.4 Å². The zero-order valence-corrected chi connectivity index (χ0v) is 30.5. The van der Waals surface area contributed by atoms with Crippen molar-refractivity contribution < 1.29 is 0 Å². The monoisotopic (exact) mass is 723 g/mol. The lowest BCUT2D eigenvalue weighted by Crippen LogP contribution is -2.00. The fraction of sp³-hybridized carbons (Fsp3) is 0. The van der Waals surface area contributed by atoms with E-state index < -0.39 is 0 Å². The average molecular weight is 724 g/mol. The molecule has 0 bridgehead atoms. The molecule has 0 radical (unpaired) electrons. The van der Waals surface area contributed by atoms with Crippen LogP contribution < -0.4 is 0 Å². The number of rotatable bonds is 5. The first-order valence-corrected chi connectivity index (χ1v) is 19.6. The normalized spacial score (nSPS) is 11.7. The number of nitrogens with zero attached hydrogens (tertiary/aromatic N) is 3. The first-order chi connectivity index (χ1) is 26.7. The summed E-state index contributed by atoms with van der Waals surface area (Å²) in [5.74, 6) is 1.94. The van der Waals surface area contributed by atoms with Gasteiger partial charge in [0, 0.05) is 57.0 Å². The standard InChI is InChI=1S/C49H29N3S2/c1-2-10-35-29-36(28-19-30(35)9-1)49-51-47(33-24-20-31(21-25-33)37-13-7-17-43-45(37)39-11-3-5-15-41(39)53-43)50-48(52-49)34-26-22-32(23-27-34)38-14-8-18-44-46(38)40-12-4-6-16-42(40)54-44/h1-29H. The summed E-state index contributed by atoms with van der Waals surface area (Å²) in [6.45, 7) is 0. The molecule has 0 aliphatic carbocycles. The quantitative estimate of drug-likeness (QED) is 0.177. The van der Waals surface area contributed by atoms with Crippen molar-refractivity contribution in [3.63, 3.8) is 0 Å². The van der Waals surface area contributed by atoms with Gasteiger partial charge in [-0.05, 0) is 63.4 Å². The minimum Gasteiger partial charge on any atom is -0.208 e. The van der Waals surface area contributed by atoms with E-state index in [1.54, 1.807) is 0 Å². The summed E-state index contributed by atoms with van der Waals surface area (Å²) in [5, 5.41) is 7.54. The molecule has 54 heavy (non-hydrogen) atoms. The minimum atomic E-state index is 0.646. The fourth-order valence-electron chi connectivity index (χ4n) is 7.72. The van der Waals surface area contributed by atoms with Gasteiger partial charge in [-0.2, -0.15) is 0 Å². The molecule has 0 aliphatic rings. The highest BCUT2D eigenvalue weighted by atomic mass is 32.1. The van der Waals surface area contributed by atoms with Gasteiger partial charge in [-0.25, -0.2) is 15.0 Å². The van der Waals surface area contributed by atoms with Gasteiger partial charge in [-0.15, -0.1) is 22.7 Å². The van der Waals surface area contributed by atoms with Gasteiger partial charge in [0.1, 0.15) is 0 Å².